The van der Waals surface area contributed by atoms with Crippen LogP contribution in [0.15, 0.2) is 0 Å². The highest BCUT2D eigenvalue weighted by Gasteiger charge is 2.60. The molecular formula is C26H45NO2. The number of aliphatic hydroxyl groups is 1. The largest absolute Gasteiger partial charge is 0.393 e. The average molecular weight is 404 g/mol. The minimum Gasteiger partial charge on any atom is -0.393 e. The van der Waals surface area contributed by atoms with Gasteiger partial charge >= 0.3 is 0 Å². The molecule has 0 unspecified atom stereocenters. The van der Waals surface area contributed by atoms with E-state index in [-0.39, 0.29) is 12.0 Å². The lowest BCUT2D eigenvalue weighted by molar-refractivity contribution is -0.129. The van der Waals surface area contributed by atoms with Crippen LogP contribution in [0, 0.1) is 46.3 Å². The van der Waals surface area contributed by atoms with Gasteiger partial charge in [-0.15, -0.1) is 0 Å². The molecule has 0 bridgehead atoms. The first-order chi connectivity index (χ1) is 13.8. The minimum absolute atomic E-state index is 0.0416. The van der Waals surface area contributed by atoms with Gasteiger partial charge in [0.1, 0.15) is 0 Å². The second-order valence-electron chi connectivity index (χ2n) is 11.8. The van der Waals surface area contributed by atoms with Crippen LogP contribution < -0.4 is 5.32 Å². The van der Waals surface area contributed by atoms with E-state index in [1.165, 1.54) is 44.9 Å². The van der Waals surface area contributed by atoms with Gasteiger partial charge < -0.3 is 10.4 Å². The first-order valence-corrected chi connectivity index (χ1v) is 12.7. The molecule has 0 aromatic rings. The number of nitrogens with one attached hydrogen (secondary N) is 1. The number of amides is 1. The number of hydrogen-bond donors (Lipinski definition) is 2. The predicted molar refractivity (Wildman–Crippen MR) is 118 cm³/mol. The molecule has 4 rings (SSSR count). The fraction of sp³-hybridized carbons (Fsp3) is 0.962. The molecule has 4 saturated carbocycles. The number of carbonyl (C=O) groups excluding carboxylic acids is 1. The van der Waals surface area contributed by atoms with Gasteiger partial charge in [0.2, 0.25) is 5.91 Å². The average Bonchev–Trinajstić information content (AvgIpc) is 3.04. The summed E-state index contributed by atoms with van der Waals surface area (Å²) in [6.07, 6.45) is 13.4. The summed E-state index contributed by atoms with van der Waals surface area (Å²) < 4.78 is 0. The second-order valence-corrected chi connectivity index (χ2v) is 11.8. The lowest BCUT2D eigenvalue weighted by Gasteiger charge is -2.61. The molecule has 0 spiro atoms. The van der Waals surface area contributed by atoms with E-state index >= 15 is 0 Å². The fourth-order valence-electron chi connectivity index (χ4n) is 9.06. The number of aliphatic hydroxyl groups excluding tert-OH is 1. The van der Waals surface area contributed by atoms with Gasteiger partial charge in [0.25, 0.3) is 0 Å². The maximum Gasteiger partial charge on any atom is 0.219 e. The molecule has 29 heavy (non-hydrogen) atoms. The summed E-state index contributed by atoms with van der Waals surface area (Å²) in [5.74, 6) is 5.12. The second kappa shape index (κ2) is 8.17. The van der Waals surface area contributed by atoms with E-state index in [9.17, 15) is 9.90 Å². The quantitative estimate of drug-likeness (QED) is 0.631. The van der Waals surface area contributed by atoms with Crippen LogP contribution in [0.4, 0.5) is 0 Å². The standard InChI is InChI=1S/C26H45NO2/c1-5-27-24(29)11-6-17(2)21-9-10-22-20-8-7-18-16-19(28)12-14-25(18,3)23(20)13-15-26(21,22)4/h17-23,28H,5-16H2,1-4H3,(H,27,29)/t17-,18-,19-,20+,21-,22+,23+,25+,26-/m1/s1. The maximum atomic E-state index is 12.0. The van der Waals surface area contributed by atoms with Crippen LogP contribution in [0.1, 0.15) is 98.3 Å². The minimum atomic E-state index is -0.0416. The lowest BCUT2D eigenvalue weighted by atomic mass is 9.44. The van der Waals surface area contributed by atoms with Crippen LogP contribution in [0.2, 0.25) is 0 Å². The Labute approximate surface area is 178 Å². The Kier molecular flexibility index (Phi) is 6.10. The zero-order valence-corrected chi connectivity index (χ0v) is 19.4. The molecule has 4 aliphatic rings. The van der Waals surface area contributed by atoms with Gasteiger partial charge in [0.05, 0.1) is 6.10 Å². The predicted octanol–water partition coefficient (Wildman–Crippen LogP) is 5.56. The van der Waals surface area contributed by atoms with E-state index in [2.05, 4.69) is 26.1 Å². The first kappa shape index (κ1) is 21.7. The third kappa shape index (κ3) is 3.68. The highest BCUT2D eigenvalue weighted by Crippen LogP contribution is 2.68. The Balaban J connectivity index is 1.45. The van der Waals surface area contributed by atoms with Crippen molar-refractivity contribution >= 4 is 5.91 Å². The van der Waals surface area contributed by atoms with Gasteiger partial charge in [-0.1, -0.05) is 20.8 Å². The molecular weight excluding hydrogens is 358 g/mol. The first-order valence-electron chi connectivity index (χ1n) is 12.7. The Bertz CT molecular complexity index is 606. The number of hydrogen-bond acceptors (Lipinski definition) is 2. The van der Waals surface area contributed by atoms with Crippen molar-refractivity contribution in [3.63, 3.8) is 0 Å². The van der Waals surface area contributed by atoms with E-state index in [4.69, 9.17) is 0 Å². The van der Waals surface area contributed by atoms with Crippen LogP contribution >= 0.6 is 0 Å². The normalized spacial score (nSPS) is 47.6. The summed E-state index contributed by atoms with van der Waals surface area (Å²) in [7, 11) is 0. The van der Waals surface area contributed by atoms with Crippen molar-refractivity contribution in [1.29, 1.82) is 0 Å². The number of rotatable bonds is 5. The topological polar surface area (TPSA) is 49.3 Å². The zero-order chi connectivity index (χ0) is 20.8. The Morgan fingerprint density at radius 2 is 1.76 bits per heavy atom. The molecule has 9 atom stereocenters. The molecule has 166 valence electrons. The van der Waals surface area contributed by atoms with Gasteiger partial charge in [0.15, 0.2) is 0 Å². The molecule has 0 aliphatic heterocycles. The molecule has 4 aliphatic carbocycles. The van der Waals surface area contributed by atoms with Crippen molar-refractivity contribution in [1.82, 2.24) is 5.32 Å². The SMILES string of the molecule is CCNC(=O)CC[C@@H](C)[C@H]1CC[C@H]2[C@@H]3CC[C@@H]4C[C@H](O)CC[C@]4(C)[C@H]3CC[C@]12C. The summed E-state index contributed by atoms with van der Waals surface area (Å²) in [5.41, 5.74) is 0.963. The summed E-state index contributed by atoms with van der Waals surface area (Å²) in [6.45, 7) is 10.4. The molecule has 0 aromatic carbocycles. The molecule has 1 amide bonds. The maximum absolute atomic E-state index is 12.0. The third-order valence-corrected chi connectivity index (χ3v) is 10.6. The molecule has 2 N–H and O–H groups in total. The monoisotopic (exact) mass is 403 g/mol. The van der Waals surface area contributed by atoms with Crippen molar-refractivity contribution in [2.45, 2.75) is 104 Å². The van der Waals surface area contributed by atoms with Gasteiger partial charge in [-0.25, -0.2) is 0 Å². The van der Waals surface area contributed by atoms with Crippen molar-refractivity contribution in [3.05, 3.63) is 0 Å². The molecule has 0 saturated heterocycles. The van der Waals surface area contributed by atoms with Crippen LogP contribution in [-0.2, 0) is 4.79 Å². The van der Waals surface area contributed by atoms with E-state index in [1.807, 2.05) is 6.92 Å². The molecule has 3 heteroatoms. The molecule has 0 radical (unpaired) electrons. The summed E-state index contributed by atoms with van der Waals surface area (Å²) in [4.78, 5) is 12.0. The number of carbonyl (C=O) groups is 1. The van der Waals surface area contributed by atoms with Crippen molar-refractivity contribution < 1.29 is 9.90 Å². The van der Waals surface area contributed by atoms with E-state index in [0.29, 0.717) is 23.2 Å². The van der Waals surface area contributed by atoms with Crippen LogP contribution in [0.5, 0.6) is 0 Å². The van der Waals surface area contributed by atoms with Crippen molar-refractivity contribution in [2.24, 2.45) is 46.3 Å². The molecule has 0 heterocycles. The van der Waals surface area contributed by atoms with Crippen molar-refractivity contribution in [2.75, 3.05) is 6.54 Å². The highest BCUT2D eigenvalue weighted by atomic mass is 16.3. The summed E-state index contributed by atoms with van der Waals surface area (Å²) in [6, 6.07) is 0. The molecule has 4 fully saturated rings. The van der Waals surface area contributed by atoms with Gasteiger partial charge in [0, 0.05) is 13.0 Å². The highest BCUT2D eigenvalue weighted by molar-refractivity contribution is 5.75. The van der Waals surface area contributed by atoms with E-state index < -0.39 is 0 Å². The van der Waals surface area contributed by atoms with Crippen LogP contribution in [0.3, 0.4) is 0 Å². The van der Waals surface area contributed by atoms with E-state index in [0.717, 1.165) is 55.4 Å². The van der Waals surface area contributed by atoms with Crippen LogP contribution in [0.25, 0.3) is 0 Å². The van der Waals surface area contributed by atoms with Gasteiger partial charge in [-0.3, -0.25) is 4.79 Å². The van der Waals surface area contributed by atoms with Crippen LogP contribution in [-0.4, -0.2) is 23.7 Å². The van der Waals surface area contributed by atoms with E-state index in [1.54, 1.807) is 0 Å². The lowest BCUT2D eigenvalue weighted by Crippen LogP contribution is -2.54. The smallest absolute Gasteiger partial charge is 0.219 e. The van der Waals surface area contributed by atoms with Gasteiger partial charge in [-0.2, -0.15) is 0 Å². The molecule has 3 nitrogen and oxygen atoms in total. The Morgan fingerprint density at radius 3 is 2.52 bits per heavy atom. The molecule has 0 aromatic heterocycles. The Hall–Kier alpha value is -0.570. The van der Waals surface area contributed by atoms with Crippen molar-refractivity contribution in [3.8, 4) is 0 Å². The zero-order valence-electron chi connectivity index (χ0n) is 19.4. The Morgan fingerprint density at radius 1 is 1.03 bits per heavy atom. The van der Waals surface area contributed by atoms with Gasteiger partial charge in [-0.05, 0) is 117 Å². The number of fused-ring (bicyclic) bond motifs is 5. The fourth-order valence-corrected chi connectivity index (χ4v) is 9.06. The third-order valence-electron chi connectivity index (χ3n) is 10.6. The summed E-state index contributed by atoms with van der Waals surface area (Å²) in [5, 5.41) is 13.2. The summed E-state index contributed by atoms with van der Waals surface area (Å²) >= 11 is 0.